The van der Waals surface area contributed by atoms with Crippen molar-refractivity contribution >= 4 is 39.5 Å². The van der Waals surface area contributed by atoms with E-state index < -0.39 is 97.5 Å². The van der Waals surface area contributed by atoms with Gasteiger partial charge in [-0.15, -0.1) is 0 Å². The molecule has 0 saturated carbocycles. The Hall–Kier alpha value is -1.94. The van der Waals surface area contributed by atoms with Crippen LogP contribution in [0.3, 0.4) is 0 Å². The molecule has 90 heavy (non-hydrogen) atoms. The van der Waals surface area contributed by atoms with E-state index in [0.29, 0.717) is 25.7 Å². The number of aliphatic hydroxyl groups is 1. The maximum Gasteiger partial charge on any atom is 0.472 e. The van der Waals surface area contributed by atoms with Crippen molar-refractivity contribution in [3.05, 3.63) is 0 Å². The highest BCUT2D eigenvalue weighted by Gasteiger charge is 2.30. The van der Waals surface area contributed by atoms with Gasteiger partial charge >= 0.3 is 39.5 Å². The number of esters is 4. The van der Waals surface area contributed by atoms with E-state index in [1.165, 1.54) is 173 Å². The van der Waals surface area contributed by atoms with Gasteiger partial charge < -0.3 is 33.8 Å². The number of aliphatic hydroxyl groups excluding tert-OH is 1. The first-order chi connectivity index (χ1) is 43.4. The normalized spacial score (nSPS) is 14.7. The van der Waals surface area contributed by atoms with Crippen molar-refractivity contribution in [1.29, 1.82) is 0 Å². The first kappa shape index (κ1) is 88.1. The van der Waals surface area contributed by atoms with Crippen molar-refractivity contribution in [1.82, 2.24) is 0 Å². The van der Waals surface area contributed by atoms with Crippen LogP contribution >= 0.6 is 15.6 Å². The van der Waals surface area contributed by atoms with Crippen LogP contribution in [0.2, 0.25) is 0 Å². The van der Waals surface area contributed by atoms with Gasteiger partial charge in [0.15, 0.2) is 12.2 Å². The third kappa shape index (κ3) is 62.2. The van der Waals surface area contributed by atoms with Crippen LogP contribution in [-0.4, -0.2) is 96.7 Å². The topological polar surface area (TPSA) is 237 Å². The minimum atomic E-state index is -4.95. The molecule has 0 rings (SSSR count). The van der Waals surface area contributed by atoms with E-state index in [-0.39, 0.29) is 25.7 Å². The van der Waals surface area contributed by atoms with Crippen molar-refractivity contribution < 1.29 is 80.2 Å². The zero-order chi connectivity index (χ0) is 66.5. The Kier molecular flexibility index (Phi) is 61.8. The second-order valence-electron chi connectivity index (χ2n) is 26.1. The summed E-state index contributed by atoms with van der Waals surface area (Å²) in [5.74, 6) is -0.518. The lowest BCUT2D eigenvalue weighted by Crippen LogP contribution is -2.30. The lowest BCUT2D eigenvalue weighted by atomic mass is 9.99. The maximum atomic E-state index is 13.0. The molecule has 7 atom stereocenters. The molecule has 3 N–H and O–H groups in total. The van der Waals surface area contributed by atoms with Crippen molar-refractivity contribution in [3.8, 4) is 0 Å². The van der Waals surface area contributed by atoms with Crippen molar-refractivity contribution in [3.63, 3.8) is 0 Å². The highest BCUT2D eigenvalue weighted by Crippen LogP contribution is 2.45. The number of carbonyl (C=O) groups excluding carboxylic acids is 4. The molecule has 0 aromatic heterocycles. The quantitative estimate of drug-likeness (QED) is 0.0222. The molecule has 0 bridgehead atoms. The minimum absolute atomic E-state index is 0.104. The summed E-state index contributed by atoms with van der Waals surface area (Å²) in [4.78, 5) is 72.3. The fourth-order valence-corrected chi connectivity index (χ4v) is 12.3. The monoisotopic (exact) mass is 1320 g/mol. The smallest absolute Gasteiger partial charge is 0.462 e. The van der Waals surface area contributed by atoms with Gasteiger partial charge in [0.2, 0.25) is 0 Å². The SMILES string of the molecule is CCCCCCCCCCCCCCCCCC(=O)OC[C@H](COP(=O)(O)OC[C@@H](O)COP(=O)(O)OC[C@@H](COC(=O)CCCCCCC)OC(=O)CCCCCCCCCCC(C)CC)OC(=O)CCCCCCCCCCCCCCCCC(C)CC. The standard InChI is InChI=1S/C71H138O17P2/c1-7-11-13-15-16-17-18-19-20-24-27-30-36-42-48-54-69(74)82-60-67(88-70(75)55-49-43-37-31-28-25-22-21-23-26-29-34-40-45-51-63(5)9-3)62-86-90(79,80)84-58-65(72)57-83-89(77,78)85-61-66(59-81-68(73)53-47-39-14-12-8-2)87-71(76)56-50-44-38-33-32-35-41-46-52-64(6)10-4/h63-67,72H,7-62H2,1-6H3,(H,77,78)(H,79,80)/t63?,64?,65-,66+,67+/m0/s1. The largest absolute Gasteiger partial charge is 0.472 e. The van der Waals surface area contributed by atoms with E-state index in [0.717, 1.165) is 108 Å². The van der Waals surface area contributed by atoms with Gasteiger partial charge in [0.05, 0.1) is 26.4 Å². The number of rotatable bonds is 70. The van der Waals surface area contributed by atoms with Crippen LogP contribution in [0.15, 0.2) is 0 Å². The van der Waals surface area contributed by atoms with Crippen LogP contribution in [0, 0.1) is 11.8 Å². The average Bonchev–Trinajstić information content (AvgIpc) is 3.03. The molecule has 0 heterocycles. The van der Waals surface area contributed by atoms with Crippen LogP contribution < -0.4 is 0 Å². The molecule has 0 aromatic carbocycles. The lowest BCUT2D eigenvalue weighted by Gasteiger charge is -2.21. The van der Waals surface area contributed by atoms with E-state index in [2.05, 4.69) is 41.5 Å². The number of ether oxygens (including phenoxy) is 4. The Morgan fingerprint density at radius 3 is 0.789 bits per heavy atom. The molecule has 534 valence electrons. The van der Waals surface area contributed by atoms with Crippen LogP contribution in [-0.2, 0) is 65.4 Å². The van der Waals surface area contributed by atoms with Crippen LogP contribution in [0.5, 0.6) is 0 Å². The van der Waals surface area contributed by atoms with E-state index in [1.807, 2.05) is 0 Å². The number of carbonyl (C=O) groups is 4. The molecule has 0 aliphatic carbocycles. The Morgan fingerprint density at radius 2 is 0.533 bits per heavy atom. The first-order valence-corrected chi connectivity index (χ1v) is 40.1. The Morgan fingerprint density at radius 1 is 0.311 bits per heavy atom. The lowest BCUT2D eigenvalue weighted by molar-refractivity contribution is -0.161. The molecule has 0 radical (unpaired) electrons. The molecular formula is C71H138O17P2. The number of unbranched alkanes of at least 4 members (excludes halogenated alkanes) is 38. The summed E-state index contributed by atoms with van der Waals surface area (Å²) in [5.41, 5.74) is 0. The summed E-state index contributed by atoms with van der Waals surface area (Å²) in [5, 5.41) is 10.6. The molecule has 4 unspecified atom stereocenters. The van der Waals surface area contributed by atoms with Gasteiger partial charge in [0.25, 0.3) is 0 Å². The van der Waals surface area contributed by atoms with Crippen LogP contribution in [0.1, 0.15) is 363 Å². The highest BCUT2D eigenvalue weighted by atomic mass is 31.2. The van der Waals surface area contributed by atoms with Crippen LogP contribution in [0.25, 0.3) is 0 Å². The van der Waals surface area contributed by atoms with E-state index in [1.54, 1.807) is 0 Å². The second-order valence-corrected chi connectivity index (χ2v) is 29.0. The third-order valence-corrected chi connectivity index (χ3v) is 19.1. The Balaban J connectivity index is 5.16. The average molecular weight is 1330 g/mol. The second kappa shape index (κ2) is 63.1. The number of phosphoric ester groups is 2. The fraction of sp³-hybridized carbons (Fsp3) is 0.944. The first-order valence-electron chi connectivity index (χ1n) is 37.1. The predicted molar refractivity (Wildman–Crippen MR) is 363 cm³/mol. The van der Waals surface area contributed by atoms with Crippen LogP contribution in [0.4, 0.5) is 0 Å². The molecule has 0 aliphatic rings. The molecule has 0 spiro atoms. The van der Waals surface area contributed by atoms with Gasteiger partial charge in [-0.25, -0.2) is 9.13 Å². The van der Waals surface area contributed by atoms with Gasteiger partial charge in [0.1, 0.15) is 19.3 Å². The third-order valence-electron chi connectivity index (χ3n) is 17.2. The highest BCUT2D eigenvalue weighted by molar-refractivity contribution is 7.47. The summed E-state index contributed by atoms with van der Waals surface area (Å²) in [6.45, 7) is 9.52. The Bertz CT molecular complexity index is 1760. The van der Waals surface area contributed by atoms with Crippen molar-refractivity contribution in [2.75, 3.05) is 39.6 Å². The summed E-state index contributed by atoms with van der Waals surface area (Å²) in [6, 6.07) is 0. The zero-order valence-electron chi connectivity index (χ0n) is 58.4. The van der Waals surface area contributed by atoms with Gasteiger partial charge in [-0.1, -0.05) is 311 Å². The molecule has 0 saturated heterocycles. The van der Waals surface area contributed by atoms with Gasteiger partial charge in [-0.05, 0) is 37.5 Å². The molecule has 0 aliphatic heterocycles. The molecule has 0 aromatic rings. The summed E-state index contributed by atoms with van der Waals surface area (Å²) in [7, 11) is -9.89. The maximum absolute atomic E-state index is 13.0. The van der Waals surface area contributed by atoms with Gasteiger partial charge in [-0.3, -0.25) is 37.3 Å². The molecule has 17 nitrogen and oxygen atoms in total. The zero-order valence-corrected chi connectivity index (χ0v) is 60.2. The fourth-order valence-electron chi connectivity index (χ4n) is 10.7. The van der Waals surface area contributed by atoms with Crippen molar-refractivity contribution in [2.45, 2.75) is 381 Å². The summed E-state index contributed by atoms with van der Waals surface area (Å²) in [6.07, 6.45) is 48.8. The number of hydrogen-bond donors (Lipinski definition) is 3. The minimum Gasteiger partial charge on any atom is -0.462 e. The Labute approximate surface area is 549 Å². The molecular weight excluding hydrogens is 1190 g/mol. The van der Waals surface area contributed by atoms with E-state index in [9.17, 15) is 43.2 Å². The van der Waals surface area contributed by atoms with Gasteiger partial charge in [0, 0.05) is 25.7 Å². The van der Waals surface area contributed by atoms with Gasteiger partial charge in [-0.2, -0.15) is 0 Å². The predicted octanol–water partition coefficient (Wildman–Crippen LogP) is 20.4. The molecule has 0 amide bonds. The van der Waals surface area contributed by atoms with Crippen molar-refractivity contribution in [2.24, 2.45) is 11.8 Å². The number of phosphoric acid groups is 2. The summed E-state index contributed by atoms with van der Waals surface area (Å²) < 4.78 is 68.1. The molecule has 0 fully saturated rings. The number of hydrogen-bond acceptors (Lipinski definition) is 15. The van der Waals surface area contributed by atoms with E-state index >= 15 is 0 Å². The molecule has 19 heteroatoms. The summed E-state index contributed by atoms with van der Waals surface area (Å²) >= 11 is 0. The van der Waals surface area contributed by atoms with E-state index in [4.69, 9.17) is 37.0 Å².